The fourth-order valence-electron chi connectivity index (χ4n) is 5.19. The summed E-state index contributed by atoms with van der Waals surface area (Å²) in [7, 11) is -0.961. The van der Waals surface area contributed by atoms with Crippen LogP contribution in [0.3, 0.4) is 0 Å². The lowest BCUT2D eigenvalue weighted by Crippen LogP contribution is -2.21. The lowest BCUT2D eigenvalue weighted by molar-refractivity contribution is 0.262. The number of carbonyl (C=O) groups excluding carboxylic acids is 1. The number of hydrogen-bond donors (Lipinski definition) is 4. The van der Waals surface area contributed by atoms with Crippen LogP contribution in [0.2, 0.25) is 0 Å². The number of nitrogens with one attached hydrogen (secondary N) is 4. The van der Waals surface area contributed by atoms with Gasteiger partial charge in [-0.2, -0.15) is 10.1 Å². The van der Waals surface area contributed by atoms with Crippen LogP contribution in [0.15, 0.2) is 97.2 Å². The predicted octanol–water partition coefficient (Wildman–Crippen LogP) is 8.11. The molecule has 256 valence electrons. The minimum Gasteiger partial charge on any atom is -0.497 e. The lowest BCUT2D eigenvalue weighted by atomic mass is 10.1. The highest BCUT2D eigenvalue weighted by atomic mass is 32.2. The van der Waals surface area contributed by atoms with Gasteiger partial charge in [0.1, 0.15) is 17.3 Å². The molecule has 6 aromatic rings. The summed E-state index contributed by atoms with van der Waals surface area (Å²) in [6, 6.07) is 27.5. The molecule has 0 radical (unpaired) electrons. The van der Waals surface area contributed by atoms with Gasteiger partial charge in [0.05, 0.1) is 29.9 Å². The fourth-order valence-corrected chi connectivity index (χ4v) is 5.81. The summed E-state index contributed by atoms with van der Waals surface area (Å²) in [4.78, 5) is 22.3. The Morgan fingerprint density at radius 1 is 0.920 bits per heavy atom. The molecule has 2 heterocycles. The van der Waals surface area contributed by atoms with E-state index >= 15 is 0 Å². The van der Waals surface area contributed by atoms with Gasteiger partial charge in [-0.05, 0) is 49.0 Å². The van der Waals surface area contributed by atoms with Crippen molar-refractivity contribution in [2.24, 2.45) is 0 Å². The number of methoxy groups -OCH3 is 1. The van der Waals surface area contributed by atoms with Crippen molar-refractivity contribution >= 4 is 61.2 Å². The van der Waals surface area contributed by atoms with Crippen LogP contribution in [-0.4, -0.2) is 49.2 Å². The molecule has 13 heteroatoms. The minimum atomic E-state index is -2.51. The molecule has 6 rings (SSSR count). The first-order chi connectivity index (χ1) is 23.9. The molecule has 0 fully saturated rings. The van der Waals surface area contributed by atoms with E-state index in [1.165, 1.54) is 6.26 Å². The Kier molecular flexibility index (Phi) is 9.59. The molecule has 0 aliphatic heterocycles. The third kappa shape index (κ3) is 8.13. The van der Waals surface area contributed by atoms with E-state index in [1.807, 2.05) is 61.5 Å². The average Bonchev–Trinajstić information content (AvgIpc) is 3.49. The molecular formula is C37H38N8O4S. The number of amides is 2. The van der Waals surface area contributed by atoms with Crippen molar-refractivity contribution in [3.05, 3.63) is 108 Å². The van der Waals surface area contributed by atoms with Gasteiger partial charge in [-0.15, -0.1) is 0 Å². The number of hydrogen-bond acceptors (Lipinski definition) is 8. The number of ether oxygens (including phenoxy) is 2. The maximum atomic E-state index is 13.4. The maximum absolute atomic E-state index is 13.4. The monoisotopic (exact) mass is 690 g/mol. The van der Waals surface area contributed by atoms with E-state index in [4.69, 9.17) is 14.6 Å². The van der Waals surface area contributed by atoms with Crippen LogP contribution >= 0.6 is 0 Å². The second kappa shape index (κ2) is 14.2. The molecule has 12 nitrogen and oxygen atoms in total. The van der Waals surface area contributed by atoms with Gasteiger partial charge >= 0.3 is 6.03 Å². The summed E-state index contributed by atoms with van der Waals surface area (Å²) in [5.41, 5.74) is 4.61. The van der Waals surface area contributed by atoms with E-state index in [0.29, 0.717) is 40.3 Å². The Labute approximate surface area is 291 Å². The van der Waals surface area contributed by atoms with Gasteiger partial charge in [0.2, 0.25) is 11.8 Å². The number of benzene rings is 4. The van der Waals surface area contributed by atoms with Gasteiger partial charge in [0.25, 0.3) is 0 Å². The quantitative estimate of drug-likeness (QED) is 0.0999. The second-order valence-corrected chi connectivity index (χ2v) is 14.3. The highest BCUT2D eigenvalue weighted by Crippen LogP contribution is 2.35. The van der Waals surface area contributed by atoms with E-state index in [-0.39, 0.29) is 11.9 Å². The zero-order valence-corrected chi connectivity index (χ0v) is 29.2. The van der Waals surface area contributed by atoms with Crippen LogP contribution in [0.25, 0.3) is 16.5 Å². The van der Waals surface area contributed by atoms with Gasteiger partial charge < -0.3 is 24.8 Å². The fraction of sp³-hybridized carbons (Fsp3) is 0.162. The van der Waals surface area contributed by atoms with Crippen molar-refractivity contribution in [2.75, 3.05) is 34.0 Å². The zero-order chi connectivity index (χ0) is 35.4. The van der Waals surface area contributed by atoms with Crippen molar-refractivity contribution in [3.63, 3.8) is 0 Å². The normalized spacial score (nSPS) is 12.3. The molecule has 4 aromatic carbocycles. The summed E-state index contributed by atoms with van der Waals surface area (Å²) < 4.78 is 28.5. The third-order valence-electron chi connectivity index (χ3n) is 7.55. The molecular weight excluding hydrogens is 653 g/mol. The van der Waals surface area contributed by atoms with Crippen LogP contribution in [0, 0.1) is 6.92 Å². The summed E-state index contributed by atoms with van der Waals surface area (Å²) in [5, 5.41) is 15.4. The molecule has 0 bridgehead atoms. The Morgan fingerprint density at radius 2 is 1.66 bits per heavy atom. The van der Waals surface area contributed by atoms with Crippen LogP contribution in [-0.2, 0) is 9.71 Å². The molecule has 1 atom stereocenters. The van der Waals surface area contributed by atoms with Gasteiger partial charge in [0.15, 0.2) is 0 Å². The third-order valence-corrected chi connectivity index (χ3v) is 8.22. The van der Waals surface area contributed by atoms with Crippen molar-refractivity contribution in [1.82, 2.24) is 19.7 Å². The Balaban J connectivity index is 1.21. The molecule has 0 saturated carbocycles. The number of carbonyl (C=O) groups is 1. The number of aryl methyl sites for hydroxylation is 1. The van der Waals surface area contributed by atoms with Crippen LogP contribution in [0.1, 0.15) is 31.0 Å². The minimum absolute atomic E-state index is 0.177. The molecule has 0 aliphatic rings. The summed E-state index contributed by atoms with van der Waals surface area (Å²) >= 11 is 0. The SMILES string of the molecule is C=S(C)(=O)Nc1cc(Nc2nccc(Oc3ccc(NC(=O)Nc4cc(C(C)C)nn4-c4ccc(C)cc4)c4ccccc34)n2)cc(OC)c1. The Hall–Kier alpha value is -6.08. The molecule has 2 aromatic heterocycles. The number of anilines is 5. The van der Waals surface area contributed by atoms with Gasteiger partial charge in [0, 0.05) is 62.9 Å². The largest absolute Gasteiger partial charge is 0.497 e. The number of rotatable bonds is 11. The van der Waals surface area contributed by atoms with E-state index in [0.717, 1.165) is 27.7 Å². The zero-order valence-electron chi connectivity index (χ0n) is 28.4. The molecule has 0 spiro atoms. The summed E-state index contributed by atoms with van der Waals surface area (Å²) in [6.07, 6.45) is 3.09. The number of fused-ring (bicyclic) bond motifs is 1. The smallest absolute Gasteiger partial charge is 0.324 e. The number of urea groups is 1. The topological polar surface area (TPSA) is 144 Å². The first kappa shape index (κ1) is 33.8. The summed E-state index contributed by atoms with van der Waals surface area (Å²) in [6.45, 7) is 6.15. The first-order valence-corrected chi connectivity index (χ1v) is 17.9. The highest BCUT2D eigenvalue weighted by molar-refractivity contribution is 8.00. The van der Waals surface area contributed by atoms with Crippen molar-refractivity contribution in [2.45, 2.75) is 26.7 Å². The number of aromatic nitrogens is 4. The number of nitrogens with zero attached hydrogens (tertiary/aromatic N) is 4. The van der Waals surface area contributed by atoms with Crippen molar-refractivity contribution < 1.29 is 18.5 Å². The lowest BCUT2D eigenvalue weighted by Gasteiger charge is -2.15. The molecule has 50 heavy (non-hydrogen) atoms. The van der Waals surface area contributed by atoms with Crippen LogP contribution < -0.4 is 30.1 Å². The van der Waals surface area contributed by atoms with Crippen molar-refractivity contribution in [1.29, 1.82) is 0 Å². The molecule has 4 N–H and O–H groups in total. The Morgan fingerprint density at radius 3 is 2.38 bits per heavy atom. The highest BCUT2D eigenvalue weighted by Gasteiger charge is 2.17. The average molecular weight is 691 g/mol. The second-order valence-electron chi connectivity index (χ2n) is 12.1. The van der Waals surface area contributed by atoms with Crippen molar-refractivity contribution in [3.8, 4) is 23.1 Å². The molecule has 0 saturated heterocycles. The standard InChI is InChI=1S/C37H38N8O4S/c1-23(2)32-22-34(45(43-32)27-13-11-24(3)12-14-27)41-37(46)40-31-15-16-33(30-10-8-7-9-29(30)31)49-35-17-18-38-36(42-35)39-25-19-26(44-50(5,6)47)21-28(20-25)48-4/h7-23H,5H2,1-4,6H3,(H,44,47)(H,38,39,42)(H2,40,41,46). The van der Waals surface area contributed by atoms with Crippen LogP contribution in [0.4, 0.5) is 33.6 Å². The molecule has 1 unspecified atom stereocenters. The van der Waals surface area contributed by atoms with E-state index in [2.05, 4.69) is 50.4 Å². The van der Waals surface area contributed by atoms with Gasteiger partial charge in [-0.3, -0.25) is 5.32 Å². The van der Waals surface area contributed by atoms with Gasteiger partial charge in [-0.25, -0.2) is 18.7 Å². The first-order valence-electron chi connectivity index (χ1n) is 15.8. The van der Waals surface area contributed by atoms with E-state index in [9.17, 15) is 9.00 Å². The van der Waals surface area contributed by atoms with E-state index < -0.39 is 15.7 Å². The summed E-state index contributed by atoms with van der Waals surface area (Å²) in [5.74, 6) is 6.04. The van der Waals surface area contributed by atoms with E-state index in [1.54, 1.807) is 54.4 Å². The molecule has 2 amide bonds. The molecule has 0 aliphatic carbocycles. The predicted molar refractivity (Wildman–Crippen MR) is 202 cm³/mol. The maximum Gasteiger partial charge on any atom is 0.324 e. The van der Waals surface area contributed by atoms with Gasteiger partial charge in [-0.1, -0.05) is 55.8 Å². The van der Waals surface area contributed by atoms with Crippen LogP contribution in [0.5, 0.6) is 17.4 Å². The Bertz CT molecular complexity index is 2290.